The van der Waals surface area contributed by atoms with Gasteiger partial charge in [-0.15, -0.1) is 0 Å². The van der Waals surface area contributed by atoms with Gasteiger partial charge in [-0.05, 0) is 18.2 Å². The lowest BCUT2D eigenvalue weighted by Gasteiger charge is -2.06. The molecule has 15 heavy (non-hydrogen) atoms. The van der Waals surface area contributed by atoms with E-state index in [1.54, 1.807) is 0 Å². The molecule has 1 aromatic rings. The SMILES string of the molecule is NS(=O)(=O)CCOc1ccc(F)cc1Cl. The zero-order valence-electron chi connectivity index (χ0n) is 7.61. The molecule has 2 N–H and O–H groups in total. The van der Waals surface area contributed by atoms with Crippen LogP contribution in [0.25, 0.3) is 0 Å². The van der Waals surface area contributed by atoms with Gasteiger partial charge in [0.2, 0.25) is 10.0 Å². The highest BCUT2D eigenvalue weighted by molar-refractivity contribution is 7.89. The molecule has 0 atom stereocenters. The summed E-state index contributed by atoms with van der Waals surface area (Å²) >= 11 is 5.63. The lowest BCUT2D eigenvalue weighted by atomic mass is 10.3. The van der Waals surface area contributed by atoms with E-state index in [4.69, 9.17) is 21.5 Å². The number of ether oxygens (including phenoxy) is 1. The first-order valence-corrected chi connectivity index (χ1v) is 6.06. The van der Waals surface area contributed by atoms with Gasteiger partial charge >= 0.3 is 0 Å². The molecular weight excluding hydrogens is 245 g/mol. The van der Waals surface area contributed by atoms with Crippen LogP contribution in [0.3, 0.4) is 0 Å². The zero-order chi connectivity index (χ0) is 11.5. The van der Waals surface area contributed by atoms with E-state index in [9.17, 15) is 12.8 Å². The number of nitrogens with two attached hydrogens (primary N) is 1. The molecule has 84 valence electrons. The Bertz CT molecular complexity index is 449. The summed E-state index contributed by atoms with van der Waals surface area (Å²) in [5.41, 5.74) is 0. The van der Waals surface area contributed by atoms with Crippen molar-refractivity contribution in [3.05, 3.63) is 29.0 Å². The molecule has 0 saturated heterocycles. The molecule has 0 bridgehead atoms. The van der Waals surface area contributed by atoms with Crippen molar-refractivity contribution < 1.29 is 17.5 Å². The lowest BCUT2D eigenvalue weighted by molar-refractivity contribution is 0.340. The molecule has 1 aromatic carbocycles. The summed E-state index contributed by atoms with van der Waals surface area (Å²) in [7, 11) is -3.56. The maximum atomic E-state index is 12.6. The molecule has 7 heteroatoms. The van der Waals surface area contributed by atoms with Crippen LogP contribution in [0.2, 0.25) is 5.02 Å². The van der Waals surface area contributed by atoms with Crippen molar-refractivity contribution in [3.8, 4) is 5.75 Å². The van der Waals surface area contributed by atoms with Gasteiger partial charge < -0.3 is 4.74 Å². The van der Waals surface area contributed by atoms with E-state index in [2.05, 4.69) is 0 Å². The second-order valence-corrected chi connectivity index (χ2v) is 4.93. The minimum Gasteiger partial charge on any atom is -0.491 e. The molecule has 0 radical (unpaired) electrons. The van der Waals surface area contributed by atoms with Crippen LogP contribution in [0.5, 0.6) is 5.75 Å². The summed E-state index contributed by atoms with van der Waals surface area (Å²) in [6.07, 6.45) is 0. The van der Waals surface area contributed by atoms with Crippen molar-refractivity contribution in [3.63, 3.8) is 0 Å². The van der Waals surface area contributed by atoms with Crippen molar-refractivity contribution in [1.29, 1.82) is 0 Å². The average molecular weight is 254 g/mol. The Hall–Kier alpha value is -0.850. The number of rotatable bonds is 4. The Balaban J connectivity index is 2.59. The second-order valence-electron chi connectivity index (χ2n) is 2.79. The summed E-state index contributed by atoms with van der Waals surface area (Å²) in [6.45, 7) is -0.121. The van der Waals surface area contributed by atoms with Gasteiger partial charge in [-0.1, -0.05) is 11.6 Å². The standard InChI is InChI=1S/C8H9ClFNO3S/c9-7-5-6(10)1-2-8(7)14-3-4-15(11,12)13/h1-2,5H,3-4H2,(H2,11,12,13). The number of sulfonamides is 1. The smallest absolute Gasteiger partial charge is 0.212 e. The van der Waals surface area contributed by atoms with Gasteiger partial charge in [0.05, 0.1) is 10.8 Å². The summed E-state index contributed by atoms with van der Waals surface area (Å²) < 4.78 is 38.7. The van der Waals surface area contributed by atoms with Crippen molar-refractivity contribution >= 4 is 21.6 Å². The quantitative estimate of drug-likeness (QED) is 0.875. The number of hydrogen-bond donors (Lipinski definition) is 1. The van der Waals surface area contributed by atoms with Gasteiger partial charge in [0.25, 0.3) is 0 Å². The van der Waals surface area contributed by atoms with Crippen LogP contribution in [-0.4, -0.2) is 20.8 Å². The van der Waals surface area contributed by atoms with Crippen LogP contribution >= 0.6 is 11.6 Å². The maximum Gasteiger partial charge on any atom is 0.212 e. The summed E-state index contributed by atoms with van der Waals surface area (Å²) in [5, 5.41) is 4.85. The predicted octanol–water partition coefficient (Wildman–Crippen LogP) is 1.15. The molecule has 0 spiro atoms. The third kappa shape index (κ3) is 4.46. The van der Waals surface area contributed by atoms with Gasteiger partial charge in [-0.3, -0.25) is 0 Å². The van der Waals surface area contributed by atoms with Crippen LogP contribution in [0, 0.1) is 5.82 Å². The zero-order valence-corrected chi connectivity index (χ0v) is 9.18. The van der Waals surface area contributed by atoms with Crippen molar-refractivity contribution in [2.24, 2.45) is 5.14 Å². The van der Waals surface area contributed by atoms with Crippen molar-refractivity contribution in [1.82, 2.24) is 0 Å². The third-order valence-electron chi connectivity index (χ3n) is 1.52. The average Bonchev–Trinajstić information content (AvgIpc) is 2.07. The fourth-order valence-electron chi connectivity index (χ4n) is 0.860. The monoisotopic (exact) mass is 253 g/mol. The fourth-order valence-corrected chi connectivity index (χ4v) is 1.40. The van der Waals surface area contributed by atoms with Gasteiger partial charge in [0.15, 0.2) is 0 Å². The number of halogens is 2. The molecule has 0 aromatic heterocycles. The van der Waals surface area contributed by atoms with E-state index in [1.165, 1.54) is 6.07 Å². The fraction of sp³-hybridized carbons (Fsp3) is 0.250. The van der Waals surface area contributed by atoms with E-state index >= 15 is 0 Å². The van der Waals surface area contributed by atoms with Crippen LogP contribution in [0.4, 0.5) is 4.39 Å². The highest BCUT2D eigenvalue weighted by Gasteiger charge is 2.06. The Morgan fingerprint density at radius 2 is 2.13 bits per heavy atom. The molecule has 1 rings (SSSR count). The van der Waals surface area contributed by atoms with Crippen LogP contribution < -0.4 is 9.88 Å². The van der Waals surface area contributed by atoms with E-state index in [1.807, 2.05) is 0 Å². The molecule has 0 amide bonds. The Morgan fingerprint density at radius 1 is 1.47 bits per heavy atom. The van der Waals surface area contributed by atoms with Crippen LogP contribution in [0.1, 0.15) is 0 Å². The molecule has 4 nitrogen and oxygen atoms in total. The highest BCUT2D eigenvalue weighted by atomic mass is 35.5. The molecule has 0 unspecified atom stereocenters. The normalized spacial score (nSPS) is 11.4. The highest BCUT2D eigenvalue weighted by Crippen LogP contribution is 2.24. The maximum absolute atomic E-state index is 12.6. The molecule has 0 aliphatic rings. The summed E-state index contributed by atoms with van der Waals surface area (Å²) in [5.74, 6) is -0.582. The number of benzene rings is 1. The van der Waals surface area contributed by atoms with Gasteiger partial charge in [0, 0.05) is 0 Å². The second kappa shape index (κ2) is 4.78. The van der Waals surface area contributed by atoms with Gasteiger partial charge in [-0.2, -0.15) is 0 Å². The Labute approximate surface area is 91.8 Å². The first-order valence-electron chi connectivity index (χ1n) is 3.97. The molecular formula is C8H9ClFNO3S. The summed E-state index contributed by atoms with van der Waals surface area (Å²) in [4.78, 5) is 0. The largest absolute Gasteiger partial charge is 0.491 e. The Morgan fingerprint density at radius 3 is 2.67 bits per heavy atom. The van der Waals surface area contributed by atoms with Crippen LogP contribution in [0.15, 0.2) is 18.2 Å². The molecule has 0 fully saturated rings. The lowest BCUT2D eigenvalue weighted by Crippen LogP contribution is -2.21. The van der Waals surface area contributed by atoms with E-state index in [0.29, 0.717) is 0 Å². The van der Waals surface area contributed by atoms with Crippen molar-refractivity contribution in [2.75, 3.05) is 12.4 Å². The molecule has 0 aliphatic heterocycles. The summed E-state index contributed by atoms with van der Waals surface area (Å²) in [6, 6.07) is 3.56. The van der Waals surface area contributed by atoms with Gasteiger partial charge in [-0.25, -0.2) is 17.9 Å². The minimum atomic E-state index is -3.56. The molecule has 0 saturated carbocycles. The van der Waals surface area contributed by atoms with E-state index < -0.39 is 15.8 Å². The first-order chi connectivity index (χ1) is 6.88. The number of primary sulfonamides is 1. The number of hydrogen-bond acceptors (Lipinski definition) is 3. The third-order valence-corrected chi connectivity index (χ3v) is 2.55. The minimum absolute atomic E-state index is 0.0874. The van der Waals surface area contributed by atoms with Crippen LogP contribution in [-0.2, 0) is 10.0 Å². The molecule has 0 heterocycles. The van der Waals surface area contributed by atoms with E-state index in [-0.39, 0.29) is 23.1 Å². The first kappa shape index (κ1) is 12.2. The van der Waals surface area contributed by atoms with Gasteiger partial charge in [0.1, 0.15) is 18.2 Å². The molecule has 0 aliphatic carbocycles. The van der Waals surface area contributed by atoms with E-state index in [0.717, 1.165) is 12.1 Å². The predicted molar refractivity (Wildman–Crippen MR) is 54.9 cm³/mol. The Kier molecular flexibility index (Phi) is 3.90. The van der Waals surface area contributed by atoms with Crippen molar-refractivity contribution in [2.45, 2.75) is 0 Å². The topological polar surface area (TPSA) is 69.4 Å².